The predicted molar refractivity (Wildman–Crippen MR) is 138 cm³/mol. The van der Waals surface area contributed by atoms with E-state index in [4.69, 9.17) is 18.9 Å². The van der Waals surface area contributed by atoms with Crippen LogP contribution in [-0.2, 0) is 28.5 Å². The Morgan fingerprint density at radius 2 is 0.921 bits per heavy atom. The zero-order valence-corrected chi connectivity index (χ0v) is 22.6. The van der Waals surface area contributed by atoms with Crippen LogP contribution in [0.25, 0.3) is 0 Å². The van der Waals surface area contributed by atoms with Gasteiger partial charge in [0, 0.05) is 6.42 Å². The van der Waals surface area contributed by atoms with Crippen molar-refractivity contribution in [3.63, 3.8) is 0 Å². The van der Waals surface area contributed by atoms with Crippen LogP contribution in [0.5, 0.6) is 0 Å². The molecule has 2 saturated carbocycles. The summed E-state index contributed by atoms with van der Waals surface area (Å²) < 4.78 is 23.8. The van der Waals surface area contributed by atoms with E-state index in [9.17, 15) is 19.8 Å². The van der Waals surface area contributed by atoms with E-state index in [0.29, 0.717) is 49.5 Å². The van der Waals surface area contributed by atoms with Crippen LogP contribution >= 0.6 is 0 Å². The molecule has 38 heavy (non-hydrogen) atoms. The lowest BCUT2D eigenvalue weighted by Gasteiger charge is -2.44. The second-order valence-electron chi connectivity index (χ2n) is 13.0. The molecule has 0 aromatic heterocycles. The van der Waals surface area contributed by atoms with Gasteiger partial charge in [0.2, 0.25) is 0 Å². The molecular weight excluding hydrogens is 488 g/mol. The van der Waals surface area contributed by atoms with Crippen LogP contribution in [0.15, 0.2) is 0 Å². The Kier molecular flexibility index (Phi) is 8.05. The first-order valence-corrected chi connectivity index (χ1v) is 15.5. The Labute approximate surface area is 226 Å². The van der Waals surface area contributed by atoms with Crippen LogP contribution in [0.4, 0.5) is 0 Å². The second kappa shape index (κ2) is 11.3. The van der Waals surface area contributed by atoms with Crippen molar-refractivity contribution in [3.05, 3.63) is 0 Å². The minimum atomic E-state index is -0.925. The van der Waals surface area contributed by atoms with Crippen LogP contribution < -0.4 is 0 Å². The van der Waals surface area contributed by atoms with Gasteiger partial charge in [0.1, 0.15) is 0 Å². The van der Waals surface area contributed by atoms with Gasteiger partial charge in [0.05, 0.1) is 54.2 Å². The van der Waals surface area contributed by atoms with E-state index in [-0.39, 0.29) is 30.5 Å². The van der Waals surface area contributed by atoms with Crippen molar-refractivity contribution in [2.75, 3.05) is 0 Å². The van der Waals surface area contributed by atoms with E-state index in [2.05, 4.69) is 0 Å². The first kappa shape index (κ1) is 27.0. The fraction of sp³-hybridized carbons (Fsp3) is 0.933. The van der Waals surface area contributed by atoms with Crippen LogP contribution in [0, 0.1) is 17.3 Å². The Bertz CT molecular complexity index is 811. The van der Waals surface area contributed by atoms with Gasteiger partial charge in [-0.05, 0) is 102 Å². The first-order chi connectivity index (χ1) is 18.4. The van der Waals surface area contributed by atoms with Gasteiger partial charge in [-0.15, -0.1) is 0 Å². The molecule has 8 nitrogen and oxygen atoms in total. The summed E-state index contributed by atoms with van der Waals surface area (Å²) in [6.07, 6.45) is 16.6. The van der Waals surface area contributed by atoms with Crippen molar-refractivity contribution in [3.8, 4) is 0 Å². The molecule has 0 spiro atoms. The van der Waals surface area contributed by atoms with Crippen LogP contribution in [-0.4, -0.2) is 71.0 Å². The first-order valence-electron chi connectivity index (χ1n) is 15.5. The van der Waals surface area contributed by atoms with E-state index in [1.54, 1.807) is 0 Å². The summed E-state index contributed by atoms with van der Waals surface area (Å²) in [7, 11) is 0. The number of hydrogen-bond acceptors (Lipinski definition) is 6. The molecule has 8 heteroatoms. The molecule has 0 radical (unpaired) electrons. The molecule has 4 heterocycles. The summed E-state index contributed by atoms with van der Waals surface area (Å²) in [5.74, 6) is -1.55. The highest BCUT2D eigenvalue weighted by atomic mass is 16.6. The lowest BCUT2D eigenvalue weighted by atomic mass is 9.58. The maximum Gasteiger partial charge on any atom is 0.310 e. The van der Waals surface area contributed by atoms with Gasteiger partial charge in [-0.2, -0.15) is 0 Å². The summed E-state index contributed by atoms with van der Waals surface area (Å²) in [6.45, 7) is 0. The minimum Gasteiger partial charge on any atom is -0.481 e. The molecule has 0 aromatic carbocycles. The maximum atomic E-state index is 13.5. The second-order valence-corrected chi connectivity index (χ2v) is 13.0. The van der Waals surface area contributed by atoms with Gasteiger partial charge in [0.25, 0.3) is 0 Å². The van der Waals surface area contributed by atoms with E-state index < -0.39 is 17.4 Å². The average molecular weight is 535 g/mol. The molecule has 0 amide bonds. The van der Waals surface area contributed by atoms with E-state index in [1.807, 2.05) is 0 Å². The molecule has 4 saturated heterocycles. The summed E-state index contributed by atoms with van der Waals surface area (Å²) in [4.78, 5) is 25.0. The molecule has 214 valence electrons. The molecule has 0 aromatic rings. The highest BCUT2D eigenvalue weighted by Crippen LogP contribution is 2.52. The largest absolute Gasteiger partial charge is 0.481 e. The van der Waals surface area contributed by atoms with Crippen molar-refractivity contribution < 1.29 is 38.7 Å². The van der Waals surface area contributed by atoms with E-state index in [1.165, 1.54) is 0 Å². The van der Waals surface area contributed by atoms with Gasteiger partial charge in [-0.1, -0.05) is 12.8 Å². The third kappa shape index (κ3) is 6.24. The minimum absolute atomic E-state index is 0.00835. The van der Waals surface area contributed by atoms with Gasteiger partial charge < -0.3 is 29.2 Å². The number of epoxide rings is 4. The Hall–Kier alpha value is -1.22. The van der Waals surface area contributed by atoms with Crippen molar-refractivity contribution in [1.29, 1.82) is 0 Å². The van der Waals surface area contributed by atoms with Gasteiger partial charge in [-0.25, -0.2) is 0 Å². The fourth-order valence-electron chi connectivity index (χ4n) is 8.32. The molecule has 0 bridgehead atoms. The normalized spacial score (nSPS) is 44.4. The molecule has 10 unspecified atom stereocenters. The number of aliphatic carboxylic acids is 2. The maximum absolute atomic E-state index is 13.5. The Balaban J connectivity index is 1.24. The zero-order valence-electron chi connectivity index (χ0n) is 22.6. The van der Waals surface area contributed by atoms with Crippen molar-refractivity contribution in [2.24, 2.45) is 17.3 Å². The highest BCUT2D eigenvalue weighted by Gasteiger charge is 2.53. The summed E-state index contributed by atoms with van der Waals surface area (Å²) in [6, 6.07) is 0. The van der Waals surface area contributed by atoms with Gasteiger partial charge in [0.15, 0.2) is 0 Å². The molecular formula is C30H46O8. The molecule has 6 rings (SSSR count). The standard InChI is InChI=1S/C30H46O8/c31-28(32)8-3-17-30(29(33)34,18-4-1-6-20-24(35-20)13-15-26-22(37-26)11-9-18)19-5-2-7-21-25(36-21)14-16-27-23(38-27)12-10-19/h18-27H,1-17H2,(H,31,32)(H,33,34). The highest BCUT2D eigenvalue weighted by molar-refractivity contribution is 5.76. The Morgan fingerprint density at radius 1 is 0.553 bits per heavy atom. The number of fused-ring (bicyclic) bond motifs is 4. The number of ether oxygens (including phenoxy) is 4. The molecule has 4 aliphatic heterocycles. The number of carbonyl (C=O) groups is 2. The third-order valence-electron chi connectivity index (χ3n) is 10.7. The Morgan fingerprint density at radius 3 is 1.29 bits per heavy atom. The molecule has 6 fully saturated rings. The summed E-state index contributed by atoms with van der Waals surface area (Å²) in [5.41, 5.74) is -0.925. The van der Waals surface area contributed by atoms with Crippen LogP contribution in [0.1, 0.15) is 109 Å². The fourth-order valence-corrected chi connectivity index (χ4v) is 8.32. The van der Waals surface area contributed by atoms with Crippen LogP contribution in [0.3, 0.4) is 0 Å². The van der Waals surface area contributed by atoms with E-state index >= 15 is 0 Å². The summed E-state index contributed by atoms with van der Waals surface area (Å²) >= 11 is 0. The van der Waals surface area contributed by atoms with E-state index in [0.717, 1.165) is 89.9 Å². The molecule has 2 N–H and O–H groups in total. The summed E-state index contributed by atoms with van der Waals surface area (Å²) in [5, 5.41) is 20.5. The topological polar surface area (TPSA) is 125 Å². The number of hydrogen-bond donors (Lipinski definition) is 2. The lowest BCUT2D eigenvalue weighted by Crippen LogP contribution is -2.46. The van der Waals surface area contributed by atoms with Crippen LogP contribution in [0.2, 0.25) is 0 Å². The van der Waals surface area contributed by atoms with Gasteiger partial charge in [-0.3, -0.25) is 9.59 Å². The smallest absolute Gasteiger partial charge is 0.310 e. The molecule has 10 atom stereocenters. The van der Waals surface area contributed by atoms with Gasteiger partial charge >= 0.3 is 11.9 Å². The molecule has 2 aliphatic carbocycles. The third-order valence-corrected chi connectivity index (χ3v) is 10.7. The number of carboxylic acid groups (broad SMARTS) is 2. The monoisotopic (exact) mass is 534 g/mol. The van der Waals surface area contributed by atoms with Crippen molar-refractivity contribution in [2.45, 2.75) is 158 Å². The zero-order chi connectivity index (χ0) is 26.3. The SMILES string of the molecule is O=C(O)CCCC(C(=O)O)(C1CCCC2OC2CCC2OC2CC1)C1CCCC2OC2CCC2OC2CC1. The predicted octanol–water partition coefficient (Wildman–Crippen LogP) is 5.10. The average Bonchev–Trinajstić information content (AvgIpc) is 3.70. The van der Waals surface area contributed by atoms with Crippen molar-refractivity contribution in [1.82, 2.24) is 0 Å². The molecule has 6 aliphatic rings. The number of carboxylic acids is 2. The number of rotatable bonds is 7. The lowest BCUT2D eigenvalue weighted by molar-refractivity contribution is -0.161. The van der Waals surface area contributed by atoms with Crippen molar-refractivity contribution >= 4 is 11.9 Å². The quantitative estimate of drug-likeness (QED) is 0.432.